The maximum Gasteiger partial charge on any atom is 0.134 e. The smallest absolute Gasteiger partial charge is 0.134 e. The van der Waals surface area contributed by atoms with E-state index in [0.29, 0.717) is 24.3 Å². The molecule has 0 saturated heterocycles. The zero-order chi connectivity index (χ0) is 9.97. The zero-order valence-corrected chi connectivity index (χ0v) is 8.41. The van der Waals surface area contributed by atoms with Gasteiger partial charge in [-0.1, -0.05) is 0 Å². The molecule has 0 spiro atoms. The molecule has 0 bridgehead atoms. The molecule has 3 heteroatoms. The fourth-order valence-corrected chi connectivity index (χ4v) is 2.33. The van der Waals surface area contributed by atoms with Gasteiger partial charge < -0.3 is 0 Å². The van der Waals surface area contributed by atoms with Crippen molar-refractivity contribution in [1.82, 2.24) is 4.90 Å². The minimum atomic E-state index is 0.401. The molecule has 2 rings (SSSR count). The summed E-state index contributed by atoms with van der Waals surface area (Å²) in [6.45, 7) is 0.860. The Balaban J connectivity index is 1.89. The minimum absolute atomic E-state index is 0.401. The van der Waals surface area contributed by atoms with Crippen LogP contribution in [0.4, 0.5) is 0 Å². The van der Waals surface area contributed by atoms with Crippen molar-refractivity contribution >= 4 is 5.78 Å². The Labute approximate surface area is 84.7 Å². The van der Waals surface area contributed by atoms with E-state index >= 15 is 0 Å². The summed E-state index contributed by atoms with van der Waals surface area (Å²) in [6.07, 6.45) is 5.61. The lowest BCUT2D eigenvalue weighted by molar-refractivity contribution is -0.117. The van der Waals surface area contributed by atoms with Crippen molar-refractivity contribution < 1.29 is 4.79 Å². The molecule has 0 heterocycles. The van der Waals surface area contributed by atoms with Crippen molar-refractivity contribution in [2.75, 3.05) is 6.54 Å². The number of carbonyl (C=O) groups is 1. The molecule has 0 aliphatic heterocycles. The van der Waals surface area contributed by atoms with Gasteiger partial charge in [0.25, 0.3) is 0 Å². The van der Waals surface area contributed by atoms with E-state index in [2.05, 4.69) is 11.0 Å². The van der Waals surface area contributed by atoms with Gasteiger partial charge in [0, 0.05) is 37.9 Å². The van der Waals surface area contributed by atoms with Crippen molar-refractivity contribution in [2.45, 2.75) is 50.6 Å². The van der Waals surface area contributed by atoms with E-state index < -0.39 is 0 Å². The Morgan fingerprint density at radius 2 is 2.14 bits per heavy atom. The average molecular weight is 192 g/mol. The van der Waals surface area contributed by atoms with Crippen molar-refractivity contribution in [2.24, 2.45) is 0 Å². The Hall–Kier alpha value is -0.880. The molecule has 0 aromatic rings. The van der Waals surface area contributed by atoms with E-state index in [4.69, 9.17) is 5.26 Å². The number of nitrogens with zero attached hydrogens (tertiary/aromatic N) is 2. The summed E-state index contributed by atoms with van der Waals surface area (Å²) in [5.41, 5.74) is 0. The molecule has 2 saturated carbocycles. The summed E-state index contributed by atoms with van der Waals surface area (Å²) in [7, 11) is 0. The highest BCUT2D eigenvalue weighted by Gasteiger charge is 2.36. The molecule has 1 unspecified atom stereocenters. The van der Waals surface area contributed by atoms with Gasteiger partial charge in [0.2, 0.25) is 0 Å². The summed E-state index contributed by atoms with van der Waals surface area (Å²) in [4.78, 5) is 13.6. The molecule has 76 valence electrons. The number of nitriles is 1. The van der Waals surface area contributed by atoms with Crippen LogP contribution in [0.25, 0.3) is 0 Å². The van der Waals surface area contributed by atoms with E-state index in [-0.39, 0.29) is 0 Å². The topological polar surface area (TPSA) is 44.1 Å². The predicted octanol–water partition coefficient (Wildman–Crippen LogP) is 1.49. The van der Waals surface area contributed by atoms with Gasteiger partial charge in [-0.05, 0) is 19.3 Å². The van der Waals surface area contributed by atoms with Gasteiger partial charge in [-0.3, -0.25) is 9.69 Å². The predicted molar refractivity (Wildman–Crippen MR) is 52.6 cm³/mol. The van der Waals surface area contributed by atoms with Crippen molar-refractivity contribution in [1.29, 1.82) is 5.26 Å². The summed E-state index contributed by atoms with van der Waals surface area (Å²) in [5.74, 6) is 0.401. The lowest BCUT2D eigenvalue weighted by Gasteiger charge is -2.27. The Morgan fingerprint density at radius 1 is 1.36 bits per heavy atom. The Kier molecular flexibility index (Phi) is 2.83. The van der Waals surface area contributed by atoms with Crippen LogP contribution in [-0.4, -0.2) is 29.3 Å². The molecule has 0 radical (unpaired) electrons. The van der Waals surface area contributed by atoms with E-state index in [1.54, 1.807) is 0 Å². The molecule has 1 atom stereocenters. The van der Waals surface area contributed by atoms with Gasteiger partial charge in [0.15, 0.2) is 0 Å². The Morgan fingerprint density at radius 3 is 2.64 bits per heavy atom. The van der Waals surface area contributed by atoms with Gasteiger partial charge in [-0.15, -0.1) is 0 Å². The molecule has 0 aromatic carbocycles. The minimum Gasteiger partial charge on any atom is -0.300 e. The maximum atomic E-state index is 11.2. The molecule has 3 nitrogen and oxygen atoms in total. The molecule has 2 fully saturated rings. The standard InChI is InChI=1S/C11H16N2O/c12-6-1-7-13(9-2-3-9)10-4-5-11(14)8-10/h9-10H,1-5,7-8H2. The summed E-state index contributed by atoms with van der Waals surface area (Å²) >= 11 is 0. The lowest BCUT2D eigenvalue weighted by Crippen LogP contribution is -2.36. The monoisotopic (exact) mass is 192 g/mol. The fraction of sp³-hybridized carbons (Fsp3) is 0.818. The molecule has 0 aromatic heterocycles. The Bertz CT molecular complexity index is 265. The number of Topliss-reactive ketones (excluding diaryl/α,β-unsaturated/α-hetero) is 1. The summed E-state index contributed by atoms with van der Waals surface area (Å²) < 4.78 is 0. The molecule has 2 aliphatic rings. The molecular weight excluding hydrogens is 176 g/mol. The number of rotatable bonds is 4. The van der Waals surface area contributed by atoms with Crippen LogP contribution in [0.5, 0.6) is 0 Å². The average Bonchev–Trinajstić information content (AvgIpc) is 2.91. The van der Waals surface area contributed by atoms with Crippen LogP contribution < -0.4 is 0 Å². The third kappa shape index (κ3) is 2.13. The third-order valence-electron chi connectivity index (χ3n) is 3.19. The fourth-order valence-electron chi connectivity index (χ4n) is 2.33. The van der Waals surface area contributed by atoms with Crippen LogP contribution in [0.2, 0.25) is 0 Å². The van der Waals surface area contributed by atoms with Gasteiger partial charge in [0.05, 0.1) is 6.07 Å². The second kappa shape index (κ2) is 4.10. The summed E-state index contributed by atoms with van der Waals surface area (Å²) in [5, 5.41) is 8.57. The summed E-state index contributed by atoms with van der Waals surface area (Å²) in [6, 6.07) is 3.32. The quantitative estimate of drug-likeness (QED) is 0.677. The third-order valence-corrected chi connectivity index (χ3v) is 3.19. The highest BCUT2D eigenvalue weighted by Crippen LogP contribution is 2.33. The second-order valence-electron chi connectivity index (χ2n) is 4.31. The number of carbonyl (C=O) groups excluding carboxylic acids is 1. The van der Waals surface area contributed by atoms with Gasteiger partial charge >= 0.3 is 0 Å². The lowest BCUT2D eigenvalue weighted by atomic mass is 10.2. The first kappa shape index (κ1) is 9.67. The van der Waals surface area contributed by atoms with Crippen LogP contribution in [-0.2, 0) is 4.79 Å². The van der Waals surface area contributed by atoms with Crippen LogP contribution in [0.15, 0.2) is 0 Å². The van der Waals surface area contributed by atoms with Crippen molar-refractivity contribution in [3.63, 3.8) is 0 Å². The van der Waals surface area contributed by atoms with Crippen molar-refractivity contribution in [3.8, 4) is 6.07 Å². The molecule has 0 amide bonds. The highest BCUT2D eigenvalue weighted by molar-refractivity contribution is 5.81. The largest absolute Gasteiger partial charge is 0.300 e. The van der Waals surface area contributed by atoms with E-state index in [9.17, 15) is 4.79 Å². The SMILES string of the molecule is N#CCCN(C1CC1)C1CCC(=O)C1. The first-order valence-corrected chi connectivity index (χ1v) is 5.45. The first-order chi connectivity index (χ1) is 6.81. The maximum absolute atomic E-state index is 11.2. The van der Waals surface area contributed by atoms with Gasteiger partial charge in [-0.2, -0.15) is 5.26 Å². The molecular formula is C11H16N2O. The van der Waals surface area contributed by atoms with Gasteiger partial charge in [-0.25, -0.2) is 0 Å². The number of ketones is 1. The van der Waals surface area contributed by atoms with E-state index in [1.165, 1.54) is 12.8 Å². The normalized spacial score (nSPS) is 26.9. The second-order valence-corrected chi connectivity index (χ2v) is 4.31. The number of hydrogen-bond acceptors (Lipinski definition) is 3. The molecule has 14 heavy (non-hydrogen) atoms. The van der Waals surface area contributed by atoms with Crippen LogP contribution in [0.1, 0.15) is 38.5 Å². The van der Waals surface area contributed by atoms with E-state index in [1.807, 2.05) is 0 Å². The first-order valence-electron chi connectivity index (χ1n) is 5.45. The zero-order valence-electron chi connectivity index (χ0n) is 8.41. The number of hydrogen-bond donors (Lipinski definition) is 0. The molecule has 2 aliphatic carbocycles. The van der Waals surface area contributed by atoms with E-state index in [0.717, 1.165) is 25.8 Å². The highest BCUT2D eigenvalue weighted by atomic mass is 16.1. The molecule has 0 N–H and O–H groups in total. The van der Waals surface area contributed by atoms with Crippen LogP contribution in [0.3, 0.4) is 0 Å². The van der Waals surface area contributed by atoms with Crippen LogP contribution in [0, 0.1) is 11.3 Å². The van der Waals surface area contributed by atoms with Crippen LogP contribution >= 0.6 is 0 Å². The van der Waals surface area contributed by atoms with Gasteiger partial charge in [0.1, 0.15) is 5.78 Å². The van der Waals surface area contributed by atoms with Crippen molar-refractivity contribution in [3.05, 3.63) is 0 Å².